The predicted octanol–water partition coefficient (Wildman–Crippen LogP) is 1.25. The molecule has 1 aliphatic rings. The summed E-state index contributed by atoms with van der Waals surface area (Å²) in [6.45, 7) is 1.78. The van der Waals surface area contributed by atoms with Gasteiger partial charge in [-0.25, -0.2) is 0 Å². The highest BCUT2D eigenvalue weighted by Crippen LogP contribution is 2.45. The normalized spacial score (nSPS) is 17.9. The molecule has 1 heterocycles. The Bertz CT molecular complexity index is 399. The van der Waals surface area contributed by atoms with E-state index in [-0.39, 0.29) is 5.69 Å². The fourth-order valence-corrected chi connectivity index (χ4v) is 1.45. The van der Waals surface area contributed by atoms with Gasteiger partial charge >= 0.3 is 0 Å². The number of aryl methyl sites for hydroxylation is 1. The van der Waals surface area contributed by atoms with E-state index < -0.39 is 10.5 Å². The Kier molecular flexibility index (Phi) is 1.78. The summed E-state index contributed by atoms with van der Waals surface area (Å²) in [4.78, 5) is 14.4. The van der Waals surface area contributed by atoms with Crippen LogP contribution in [0.25, 0.3) is 0 Å². The standard InChI is InChI=1S/C9H11N3O2/c1-6-4-7(12(13)14)8(11-5-6)9(10)2-3-9/h4-5H,2-3,10H2,1H3. The maximum atomic E-state index is 10.8. The first-order valence-electron chi connectivity index (χ1n) is 4.43. The van der Waals surface area contributed by atoms with Gasteiger partial charge in [0.15, 0.2) is 0 Å². The van der Waals surface area contributed by atoms with Crippen molar-refractivity contribution in [1.82, 2.24) is 4.98 Å². The molecular formula is C9H11N3O2. The number of nitrogens with zero attached hydrogens (tertiary/aromatic N) is 2. The summed E-state index contributed by atoms with van der Waals surface area (Å²) in [7, 11) is 0. The van der Waals surface area contributed by atoms with Crippen molar-refractivity contribution >= 4 is 5.69 Å². The third kappa shape index (κ3) is 1.35. The summed E-state index contributed by atoms with van der Waals surface area (Å²) in [5.41, 5.74) is 6.60. The van der Waals surface area contributed by atoms with Crippen LogP contribution in [0.5, 0.6) is 0 Å². The molecule has 0 bridgehead atoms. The van der Waals surface area contributed by atoms with Gasteiger partial charge in [-0.3, -0.25) is 15.1 Å². The molecule has 0 atom stereocenters. The van der Waals surface area contributed by atoms with Crippen LogP contribution in [-0.4, -0.2) is 9.91 Å². The summed E-state index contributed by atoms with van der Waals surface area (Å²) in [5, 5.41) is 10.8. The minimum absolute atomic E-state index is 0.0463. The first-order valence-corrected chi connectivity index (χ1v) is 4.43. The van der Waals surface area contributed by atoms with Crippen molar-refractivity contribution in [2.45, 2.75) is 25.3 Å². The van der Waals surface area contributed by atoms with Crippen LogP contribution >= 0.6 is 0 Å². The van der Waals surface area contributed by atoms with Crippen LogP contribution in [0.2, 0.25) is 0 Å². The van der Waals surface area contributed by atoms with Gasteiger partial charge in [0.05, 0.1) is 10.5 Å². The highest BCUT2D eigenvalue weighted by atomic mass is 16.6. The lowest BCUT2D eigenvalue weighted by Crippen LogP contribution is -2.22. The van der Waals surface area contributed by atoms with Gasteiger partial charge in [0.1, 0.15) is 5.69 Å². The molecule has 5 nitrogen and oxygen atoms in total. The monoisotopic (exact) mass is 193 g/mol. The molecular weight excluding hydrogens is 182 g/mol. The van der Waals surface area contributed by atoms with E-state index >= 15 is 0 Å². The predicted molar refractivity (Wildman–Crippen MR) is 50.7 cm³/mol. The summed E-state index contributed by atoms with van der Waals surface area (Å²) in [6, 6.07) is 1.52. The topological polar surface area (TPSA) is 82.0 Å². The summed E-state index contributed by atoms with van der Waals surface area (Å²) in [5.74, 6) is 0. The molecule has 2 rings (SSSR count). The lowest BCUT2D eigenvalue weighted by atomic mass is 10.1. The average molecular weight is 193 g/mol. The summed E-state index contributed by atoms with van der Waals surface area (Å²) in [6.07, 6.45) is 3.18. The lowest BCUT2D eigenvalue weighted by molar-refractivity contribution is -0.386. The average Bonchev–Trinajstić information content (AvgIpc) is 2.84. The van der Waals surface area contributed by atoms with Crippen LogP contribution in [0.15, 0.2) is 12.3 Å². The van der Waals surface area contributed by atoms with Crippen LogP contribution in [-0.2, 0) is 5.54 Å². The van der Waals surface area contributed by atoms with Gasteiger partial charge in [-0.2, -0.15) is 0 Å². The summed E-state index contributed by atoms with van der Waals surface area (Å²) >= 11 is 0. The third-order valence-electron chi connectivity index (χ3n) is 2.46. The van der Waals surface area contributed by atoms with Gasteiger partial charge in [0.25, 0.3) is 5.69 Å². The fraction of sp³-hybridized carbons (Fsp3) is 0.444. The van der Waals surface area contributed by atoms with Crippen LogP contribution in [0, 0.1) is 17.0 Å². The number of nitrogens with two attached hydrogens (primary N) is 1. The van der Waals surface area contributed by atoms with Gasteiger partial charge in [-0.05, 0) is 25.3 Å². The van der Waals surface area contributed by atoms with Crippen LogP contribution in [0.3, 0.4) is 0 Å². The molecule has 5 heteroatoms. The number of rotatable bonds is 2. The molecule has 1 saturated carbocycles. The molecule has 14 heavy (non-hydrogen) atoms. The van der Waals surface area contributed by atoms with E-state index in [0.717, 1.165) is 18.4 Å². The first-order chi connectivity index (χ1) is 6.53. The van der Waals surface area contributed by atoms with Crippen molar-refractivity contribution in [3.63, 3.8) is 0 Å². The Morgan fingerprint density at radius 2 is 2.29 bits per heavy atom. The van der Waals surface area contributed by atoms with E-state index in [1.165, 1.54) is 6.07 Å². The number of nitro groups is 1. The number of aromatic nitrogens is 1. The zero-order chi connectivity index (χ0) is 10.3. The van der Waals surface area contributed by atoms with Gasteiger partial charge < -0.3 is 5.73 Å². The van der Waals surface area contributed by atoms with E-state index in [4.69, 9.17) is 5.73 Å². The quantitative estimate of drug-likeness (QED) is 0.566. The van der Waals surface area contributed by atoms with Crippen LogP contribution in [0.4, 0.5) is 5.69 Å². The Labute approximate surface area is 81.1 Å². The highest BCUT2D eigenvalue weighted by molar-refractivity contribution is 5.44. The van der Waals surface area contributed by atoms with E-state index in [2.05, 4.69) is 4.98 Å². The maximum Gasteiger partial charge on any atom is 0.292 e. The second-order valence-corrected chi connectivity index (χ2v) is 3.79. The zero-order valence-corrected chi connectivity index (χ0v) is 7.86. The zero-order valence-electron chi connectivity index (χ0n) is 7.86. The molecule has 0 aliphatic heterocycles. The summed E-state index contributed by atoms with van der Waals surface area (Å²) < 4.78 is 0. The first kappa shape index (κ1) is 9.08. The second kappa shape index (κ2) is 2.75. The molecule has 2 N–H and O–H groups in total. The van der Waals surface area contributed by atoms with E-state index in [1.54, 1.807) is 13.1 Å². The van der Waals surface area contributed by atoms with Crippen molar-refractivity contribution in [2.75, 3.05) is 0 Å². The van der Waals surface area contributed by atoms with Crippen molar-refractivity contribution in [2.24, 2.45) is 5.73 Å². The van der Waals surface area contributed by atoms with Crippen molar-refractivity contribution in [3.8, 4) is 0 Å². The van der Waals surface area contributed by atoms with Crippen LogP contribution < -0.4 is 5.73 Å². The Morgan fingerprint density at radius 3 is 2.79 bits per heavy atom. The second-order valence-electron chi connectivity index (χ2n) is 3.79. The smallest absolute Gasteiger partial charge is 0.292 e. The van der Waals surface area contributed by atoms with Gasteiger partial charge in [0, 0.05) is 12.3 Å². The highest BCUT2D eigenvalue weighted by Gasteiger charge is 2.46. The molecule has 74 valence electrons. The van der Waals surface area contributed by atoms with Crippen molar-refractivity contribution in [3.05, 3.63) is 33.6 Å². The molecule has 1 fully saturated rings. The lowest BCUT2D eigenvalue weighted by Gasteiger charge is -2.08. The Morgan fingerprint density at radius 1 is 1.64 bits per heavy atom. The molecule has 1 aromatic rings. The molecule has 0 amide bonds. The number of hydrogen-bond donors (Lipinski definition) is 1. The molecule has 0 radical (unpaired) electrons. The third-order valence-corrected chi connectivity index (χ3v) is 2.46. The largest absolute Gasteiger partial charge is 0.320 e. The maximum absolute atomic E-state index is 10.8. The van der Waals surface area contributed by atoms with E-state index in [1.807, 2.05) is 0 Å². The van der Waals surface area contributed by atoms with Crippen molar-refractivity contribution < 1.29 is 4.92 Å². The fourth-order valence-electron chi connectivity index (χ4n) is 1.45. The number of hydrogen-bond acceptors (Lipinski definition) is 4. The van der Waals surface area contributed by atoms with Gasteiger partial charge in [-0.15, -0.1) is 0 Å². The molecule has 0 saturated heterocycles. The number of pyridine rings is 1. The SMILES string of the molecule is Cc1cnc(C2(N)CC2)c([N+](=O)[O-])c1. The molecule has 1 aliphatic carbocycles. The molecule has 0 unspecified atom stereocenters. The molecule has 1 aromatic heterocycles. The van der Waals surface area contributed by atoms with Gasteiger partial charge in [0.2, 0.25) is 0 Å². The van der Waals surface area contributed by atoms with Crippen LogP contribution in [0.1, 0.15) is 24.1 Å². The Hall–Kier alpha value is -1.49. The van der Waals surface area contributed by atoms with E-state index in [9.17, 15) is 10.1 Å². The molecule has 0 aromatic carbocycles. The molecule has 0 spiro atoms. The Balaban J connectivity index is 2.54. The van der Waals surface area contributed by atoms with Crippen molar-refractivity contribution in [1.29, 1.82) is 0 Å². The van der Waals surface area contributed by atoms with E-state index in [0.29, 0.717) is 5.69 Å². The minimum Gasteiger partial charge on any atom is -0.320 e. The van der Waals surface area contributed by atoms with Gasteiger partial charge in [-0.1, -0.05) is 0 Å². The minimum atomic E-state index is -0.546.